The molecule has 1 aliphatic rings. The van der Waals surface area contributed by atoms with Gasteiger partial charge in [0.25, 0.3) is 5.91 Å². The molecule has 0 radical (unpaired) electrons. The number of hydrogen-bond acceptors (Lipinski definition) is 6. The third-order valence-electron chi connectivity index (χ3n) is 4.49. The molecule has 0 bridgehead atoms. The van der Waals surface area contributed by atoms with Crippen LogP contribution in [0.5, 0.6) is 0 Å². The van der Waals surface area contributed by atoms with Crippen LogP contribution in [-0.4, -0.2) is 46.0 Å². The van der Waals surface area contributed by atoms with Crippen LogP contribution < -0.4 is 10.2 Å². The van der Waals surface area contributed by atoms with Gasteiger partial charge in [0.15, 0.2) is 10.9 Å². The second-order valence-corrected chi connectivity index (χ2v) is 7.45. The Balaban J connectivity index is 1.44. The summed E-state index contributed by atoms with van der Waals surface area (Å²) in [6.07, 6.45) is 1.91. The molecule has 1 aromatic carbocycles. The number of fused-ring (bicyclic) bond motifs is 1. The molecule has 3 aromatic rings. The van der Waals surface area contributed by atoms with E-state index in [4.69, 9.17) is 4.98 Å². The van der Waals surface area contributed by atoms with Crippen molar-refractivity contribution in [1.82, 2.24) is 20.5 Å². The number of aromatic nitrogens is 3. The highest BCUT2D eigenvalue weighted by atomic mass is 32.1. The van der Waals surface area contributed by atoms with Crippen molar-refractivity contribution in [3.8, 4) is 0 Å². The lowest BCUT2D eigenvalue weighted by molar-refractivity contribution is 0.0927. The van der Waals surface area contributed by atoms with Crippen molar-refractivity contribution >= 4 is 38.4 Å². The van der Waals surface area contributed by atoms with Gasteiger partial charge in [0.1, 0.15) is 11.4 Å². The van der Waals surface area contributed by atoms with Crippen LogP contribution >= 0.6 is 11.3 Å². The summed E-state index contributed by atoms with van der Waals surface area (Å²) in [6.45, 7) is 3.08. The standard InChI is InChI=1S/C18H19N5O2S/c1-11(24)14-9-15(22-21-14)17(25)19-12-5-4-8-23(10-12)18-20-13-6-2-3-7-16(13)26-18/h2-3,6-7,9,12H,4-5,8,10H2,1H3,(H,19,25)(H,21,22)/t12-/m1/s1. The fraction of sp³-hybridized carbons (Fsp3) is 0.333. The normalized spacial score (nSPS) is 17.4. The molecule has 0 spiro atoms. The molecule has 0 aliphatic carbocycles. The SMILES string of the molecule is CC(=O)c1cc(C(=O)N[C@@H]2CCCN(c3nc4ccccc4s3)C2)[nH]n1. The number of piperidine rings is 1. The quantitative estimate of drug-likeness (QED) is 0.690. The van der Waals surface area contributed by atoms with Crippen LogP contribution in [0.1, 0.15) is 40.7 Å². The minimum atomic E-state index is -0.235. The fourth-order valence-corrected chi connectivity index (χ4v) is 4.15. The molecule has 3 heterocycles. The van der Waals surface area contributed by atoms with Gasteiger partial charge in [0, 0.05) is 26.1 Å². The van der Waals surface area contributed by atoms with E-state index in [1.807, 2.05) is 18.2 Å². The first-order chi connectivity index (χ1) is 12.6. The lowest BCUT2D eigenvalue weighted by Gasteiger charge is -2.32. The van der Waals surface area contributed by atoms with Crippen LogP contribution in [0.3, 0.4) is 0 Å². The molecule has 4 rings (SSSR count). The number of thiazole rings is 1. The van der Waals surface area contributed by atoms with Crippen LogP contribution in [0.4, 0.5) is 5.13 Å². The highest BCUT2D eigenvalue weighted by molar-refractivity contribution is 7.22. The maximum absolute atomic E-state index is 12.4. The number of hydrogen-bond donors (Lipinski definition) is 2. The van der Waals surface area contributed by atoms with Crippen molar-refractivity contribution in [3.05, 3.63) is 41.7 Å². The molecule has 7 nitrogen and oxygen atoms in total. The van der Waals surface area contributed by atoms with Gasteiger partial charge < -0.3 is 10.2 Å². The molecule has 134 valence electrons. The third kappa shape index (κ3) is 3.32. The van der Waals surface area contributed by atoms with Gasteiger partial charge in [-0.05, 0) is 31.0 Å². The summed E-state index contributed by atoms with van der Waals surface area (Å²) in [4.78, 5) is 30.7. The molecule has 2 N–H and O–H groups in total. The number of para-hydroxylation sites is 1. The second-order valence-electron chi connectivity index (χ2n) is 6.45. The van der Waals surface area contributed by atoms with Gasteiger partial charge in [-0.3, -0.25) is 14.7 Å². The van der Waals surface area contributed by atoms with E-state index in [-0.39, 0.29) is 23.4 Å². The summed E-state index contributed by atoms with van der Waals surface area (Å²) in [5, 5.41) is 10.5. The van der Waals surface area contributed by atoms with E-state index >= 15 is 0 Å². The smallest absolute Gasteiger partial charge is 0.269 e. The van der Waals surface area contributed by atoms with Crippen molar-refractivity contribution in [2.75, 3.05) is 18.0 Å². The molecule has 1 saturated heterocycles. The van der Waals surface area contributed by atoms with Crippen molar-refractivity contribution in [2.45, 2.75) is 25.8 Å². The van der Waals surface area contributed by atoms with Crippen LogP contribution in [0.25, 0.3) is 10.2 Å². The van der Waals surface area contributed by atoms with Crippen LogP contribution in [0.2, 0.25) is 0 Å². The number of nitrogens with one attached hydrogen (secondary N) is 2. The van der Waals surface area contributed by atoms with Gasteiger partial charge in [-0.15, -0.1) is 0 Å². The fourth-order valence-electron chi connectivity index (χ4n) is 3.15. The maximum Gasteiger partial charge on any atom is 0.269 e. The maximum atomic E-state index is 12.4. The van der Waals surface area contributed by atoms with Crippen molar-refractivity contribution in [1.29, 1.82) is 0 Å². The van der Waals surface area contributed by atoms with Crippen LogP contribution in [-0.2, 0) is 0 Å². The number of nitrogens with zero attached hydrogens (tertiary/aromatic N) is 3. The Kier molecular flexibility index (Phi) is 4.42. The minimum Gasteiger partial charge on any atom is -0.346 e. The van der Waals surface area contributed by atoms with E-state index in [0.717, 1.165) is 36.6 Å². The predicted molar refractivity (Wildman–Crippen MR) is 101 cm³/mol. The Morgan fingerprint density at radius 3 is 2.96 bits per heavy atom. The first-order valence-corrected chi connectivity index (χ1v) is 9.39. The number of carbonyl (C=O) groups is 2. The van der Waals surface area contributed by atoms with Gasteiger partial charge >= 0.3 is 0 Å². The van der Waals surface area contributed by atoms with E-state index in [9.17, 15) is 9.59 Å². The van der Waals surface area contributed by atoms with Crippen LogP contribution in [0.15, 0.2) is 30.3 Å². The summed E-state index contributed by atoms with van der Waals surface area (Å²) in [5.74, 6) is -0.402. The highest BCUT2D eigenvalue weighted by Gasteiger charge is 2.24. The lowest BCUT2D eigenvalue weighted by Crippen LogP contribution is -2.47. The Morgan fingerprint density at radius 2 is 2.19 bits per heavy atom. The van der Waals surface area contributed by atoms with Gasteiger partial charge in [-0.2, -0.15) is 5.10 Å². The first-order valence-electron chi connectivity index (χ1n) is 8.58. The number of benzene rings is 1. The largest absolute Gasteiger partial charge is 0.346 e. The Labute approximate surface area is 154 Å². The third-order valence-corrected chi connectivity index (χ3v) is 5.59. The first kappa shape index (κ1) is 16.7. The molecule has 1 fully saturated rings. The van der Waals surface area contributed by atoms with Gasteiger partial charge in [0.05, 0.1) is 10.2 Å². The number of aromatic amines is 1. The molecule has 1 atom stereocenters. The zero-order chi connectivity index (χ0) is 18.1. The molecule has 1 amide bonds. The summed E-state index contributed by atoms with van der Waals surface area (Å²) >= 11 is 1.68. The number of H-pyrrole nitrogens is 1. The summed E-state index contributed by atoms with van der Waals surface area (Å²) in [5.41, 5.74) is 1.59. The summed E-state index contributed by atoms with van der Waals surface area (Å²) in [6, 6.07) is 9.63. The number of amides is 1. The van der Waals surface area contributed by atoms with Gasteiger partial charge in [-0.1, -0.05) is 23.5 Å². The summed E-state index contributed by atoms with van der Waals surface area (Å²) in [7, 11) is 0. The number of carbonyl (C=O) groups excluding carboxylic acids is 2. The zero-order valence-electron chi connectivity index (χ0n) is 14.4. The number of rotatable bonds is 4. The van der Waals surface area contributed by atoms with E-state index < -0.39 is 0 Å². The monoisotopic (exact) mass is 369 g/mol. The van der Waals surface area contributed by atoms with Crippen molar-refractivity contribution in [3.63, 3.8) is 0 Å². The Morgan fingerprint density at radius 1 is 1.35 bits per heavy atom. The average Bonchev–Trinajstić information content (AvgIpc) is 3.29. The van der Waals surface area contributed by atoms with E-state index in [1.165, 1.54) is 17.7 Å². The molecule has 0 unspecified atom stereocenters. The molecular formula is C18H19N5O2S. The lowest BCUT2D eigenvalue weighted by atomic mass is 10.1. The van der Waals surface area contributed by atoms with Gasteiger partial charge in [0.2, 0.25) is 0 Å². The molecular weight excluding hydrogens is 350 g/mol. The topological polar surface area (TPSA) is 91.0 Å². The molecule has 0 saturated carbocycles. The summed E-state index contributed by atoms with van der Waals surface area (Å²) < 4.78 is 1.17. The molecule has 1 aliphatic heterocycles. The van der Waals surface area contributed by atoms with Crippen molar-refractivity contribution < 1.29 is 9.59 Å². The van der Waals surface area contributed by atoms with E-state index in [0.29, 0.717) is 5.69 Å². The molecule has 2 aromatic heterocycles. The predicted octanol–water partition coefficient (Wildman–Crippen LogP) is 2.62. The highest BCUT2D eigenvalue weighted by Crippen LogP contribution is 2.30. The average molecular weight is 369 g/mol. The van der Waals surface area contributed by atoms with E-state index in [2.05, 4.69) is 26.5 Å². The number of ketones is 1. The van der Waals surface area contributed by atoms with E-state index in [1.54, 1.807) is 11.3 Å². The molecule has 26 heavy (non-hydrogen) atoms. The Hall–Kier alpha value is -2.74. The Bertz CT molecular complexity index is 930. The van der Waals surface area contributed by atoms with Gasteiger partial charge in [-0.25, -0.2) is 4.98 Å². The van der Waals surface area contributed by atoms with Crippen LogP contribution in [0, 0.1) is 0 Å². The zero-order valence-corrected chi connectivity index (χ0v) is 15.2. The van der Waals surface area contributed by atoms with Crippen molar-refractivity contribution in [2.24, 2.45) is 0 Å². The minimum absolute atomic E-state index is 0.0346. The second kappa shape index (κ2) is 6.87. The molecule has 8 heteroatoms. The number of anilines is 1. The number of Topliss-reactive ketones (excluding diaryl/α,β-unsaturated/α-hetero) is 1.